The number of carbonyl (C=O) groups is 1. The number of rotatable bonds is 3. The highest BCUT2D eigenvalue weighted by molar-refractivity contribution is 7.99. The van der Waals surface area contributed by atoms with Crippen LogP contribution in [0.25, 0.3) is 0 Å². The maximum Gasteiger partial charge on any atom is 0.242 e. The molecule has 1 fully saturated rings. The molecule has 1 heterocycles. The van der Waals surface area contributed by atoms with Crippen LogP contribution >= 0.6 is 11.8 Å². The van der Waals surface area contributed by atoms with Crippen LogP contribution in [0.15, 0.2) is 23.1 Å². The highest BCUT2D eigenvalue weighted by Gasteiger charge is 2.22. The number of sulfone groups is 1. The number of benzene rings is 1. The zero-order chi connectivity index (χ0) is 14.8. The van der Waals surface area contributed by atoms with Crippen LogP contribution in [-0.4, -0.2) is 49.8 Å². The van der Waals surface area contributed by atoms with Crippen LogP contribution in [-0.2, 0) is 14.6 Å². The minimum atomic E-state index is -3.38. The topological polar surface area (TPSA) is 95.5 Å². The van der Waals surface area contributed by atoms with Gasteiger partial charge in [-0.05, 0) is 18.2 Å². The fourth-order valence-corrected chi connectivity index (χ4v) is 3.38. The predicted molar refractivity (Wildman–Crippen MR) is 79.0 cm³/mol. The number of thioether (sulfide) groups is 1. The zero-order valence-corrected chi connectivity index (χ0v) is 12.6. The first-order chi connectivity index (χ1) is 9.38. The smallest absolute Gasteiger partial charge is 0.242 e. The lowest BCUT2D eigenvalue weighted by Gasteiger charge is -2.22. The molecule has 0 aromatic heterocycles. The van der Waals surface area contributed by atoms with E-state index in [1.54, 1.807) is 11.8 Å². The Morgan fingerprint density at radius 2 is 2.25 bits per heavy atom. The normalized spacial score (nSPS) is 19.6. The first kappa shape index (κ1) is 15.1. The lowest BCUT2D eigenvalue weighted by atomic mass is 10.2. The minimum absolute atomic E-state index is 0.0524. The van der Waals surface area contributed by atoms with Gasteiger partial charge >= 0.3 is 0 Å². The maximum atomic E-state index is 12.0. The summed E-state index contributed by atoms with van der Waals surface area (Å²) in [5, 5.41) is 15.3. The lowest BCUT2D eigenvalue weighted by Crippen LogP contribution is -2.46. The summed E-state index contributed by atoms with van der Waals surface area (Å²) in [6.07, 6.45) is 1.07. The van der Waals surface area contributed by atoms with Gasteiger partial charge in [-0.3, -0.25) is 4.79 Å². The molecule has 1 aliphatic rings. The van der Waals surface area contributed by atoms with E-state index in [-0.39, 0.29) is 28.3 Å². The number of nitrogens with one attached hydrogen (secondary N) is 2. The Balaban J connectivity index is 2.18. The second kappa shape index (κ2) is 6.02. The van der Waals surface area contributed by atoms with E-state index in [0.717, 1.165) is 18.6 Å². The van der Waals surface area contributed by atoms with Crippen LogP contribution < -0.4 is 10.6 Å². The van der Waals surface area contributed by atoms with E-state index in [1.807, 2.05) is 0 Å². The van der Waals surface area contributed by atoms with Gasteiger partial charge in [-0.25, -0.2) is 8.42 Å². The number of phenols is 1. The number of anilines is 1. The fraction of sp³-hybridized carbons (Fsp3) is 0.417. The molecule has 2 rings (SSSR count). The van der Waals surface area contributed by atoms with Crippen molar-refractivity contribution in [2.24, 2.45) is 0 Å². The molecule has 1 unspecified atom stereocenters. The summed E-state index contributed by atoms with van der Waals surface area (Å²) < 4.78 is 22.9. The van der Waals surface area contributed by atoms with Gasteiger partial charge in [0.1, 0.15) is 5.75 Å². The van der Waals surface area contributed by atoms with E-state index in [9.17, 15) is 18.3 Å². The number of carbonyl (C=O) groups excluding carboxylic acids is 1. The average Bonchev–Trinajstić information content (AvgIpc) is 2.41. The van der Waals surface area contributed by atoms with Crippen LogP contribution in [0.3, 0.4) is 0 Å². The second-order valence-electron chi connectivity index (χ2n) is 4.52. The van der Waals surface area contributed by atoms with Crippen molar-refractivity contribution in [1.82, 2.24) is 5.32 Å². The Labute approximate surface area is 121 Å². The summed E-state index contributed by atoms with van der Waals surface area (Å²) >= 11 is 1.67. The molecule has 6 nitrogen and oxygen atoms in total. The van der Waals surface area contributed by atoms with Gasteiger partial charge < -0.3 is 15.7 Å². The zero-order valence-electron chi connectivity index (χ0n) is 10.9. The van der Waals surface area contributed by atoms with Crippen LogP contribution in [0.4, 0.5) is 5.69 Å². The molecule has 1 aromatic carbocycles. The van der Waals surface area contributed by atoms with Crippen molar-refractivity contribution in [1.29, 1.82) is 0 Å². The van der Waals surface area contributed by atoms with E-state index in [2.05, 4.69) is 10.6 Å². The molecule has 1 atom stereocenters. The van der Waals surface area contributed by atoms with Gasteiger partial charge in [-0.2, -0.15) is 11.8 Å². The summed E-state index contributed by atoms with van der Waals surface area (Å²) in [4.78, 5) is 12.1. The average molecular weight is 316 g/mol. The molecule has 0 spiro atoms. The number of hydrogen-bond acceptors (Lipinski definition) is 6. The van der Waals surface area contributed by atoms with Gasteiger partial charge in [-0.15, -0.1) is 0 Å². The third-order valence-corrected chi connectivity index (χ3v) is 5.06. The quantitative estimate of drug-likeness (QED) is 0.700. The number of aromatic hydroxyl groups is 1. The van der Waals surface area contributed by atoms with Gasteiger partial charge in [-0.1, -0.05) is 0 Å². The predicted octanol–water partition coefficient (Wildman–Crippen LogP) is 0.439. The van der Waals surface area contributed by atoms with Crippen LogP contribution in [0.5, 0.6) is 5.75 Å². The Morgan fingerprint density at radius 3 is 2.85 bits per heavy atom. The highest BCUT2D eigenvalue weighted by atomic mass is 32.2. The molecule has 1 saturated heterocycles. The number of phenolic OH excluding ortho intramolecular Hbond substituents is 1. The van der Waals surface area contributed by atoms with Crippen LogP contribution in [0.1, 0.15) is 0 Å². The van der Waals surface area contributed by atoms with E-state index < -0.39 is 9.84 Å². The summed E-state index contributed by atoms with van der Waals surface area (Å²) in [7, 11) is -3.38. The summed E-state index contributed by atoms with van der Waals surface area (Å²) in [6.45, 7) is 0.748. The van der Waals surface area contributed by atoms with E-state index in [1.165, 1.54) is 18.2 Å². The molecule has 8 heteroatoms. The monoisotopic (exact) mass is 316 g/mol. The molecule has 3 N–H and O–H groups in total. The van der Waals surface area contributed by atoms with E-state index >= 15 is 0 Å². The van der Waals surface area contributed by atoms with Crippen molar-refractivity contribution >= 4 is 33.2 Å². The third kappa shape index (κ3) is 3.65. The summed E-state index contributed by atoms with van der Waals surface area (Å²) in [6, 6.07) is 3.48. The van der Waals surface area contributed by atoms with Crippen LogP contribution in [0.2, 0.25) is 0 Å². The molecule has 0 bridgehead atoms. The molecule has 0 aliphatic carbocycles. The van der Waals surface area contributed by atoms with Crippen molar-refractivity contribution in [2.75, 3.05) is 29.6 Å². The van der Waals surface area contributed by atoms with Gasteiger partial charge in [0.2, 0.25) is 5.91 Å². The van der Waals surface area contributed by atoms with E-state index in [0.29, 0.717) is 5.75 Å². The standard InChI is InChI=1S/C12H16N2O4S2/c1-20(17,18)8-2-3-11(15)9(6-8)14-12(16)10-7-19-5-4-13-10/h2-3,6,10,13,15H,4-5,7H2,1H3,(H,14,16). The first-order valence-corrected chi connectivity index (χ1v) is 9.07. The van der Waals surface area contributed by atoms with Crippen LogP contribution in [0, 0.1) is 0 Å². The number of hydrogen-bond donors (Lipinski definition) is 3. The van der Waals surface area contributed by atoms with Gasteiger partial charge in [0.25, 0.3) is 0 Å². The molecule has 110 valence electrons. The van der Waals surface area contributed by atoms with E-state index in [4.69, 9.17) is 0 Å². The van der Waals surface area contributed by atoms with Gasteiger partial charge in [0.15, 0.2) is 9.84 Å². The summed E-state index contributed by atoms with van der Waals surface area (Å²) in [5.41, 5.74) is 0.107. The Kier molecular flexibility index (Phi) is 4.56. The first-order valence-electron chi connectivity index (χ1n) is 6.03. The van der Waals surface area contributed by atoms with Crippen molar-refractivity contribution in [2.45, 2.75) is 10.9 Å². The number of amides is 1. The molecular weight excluding hydrogens is 300 g/mol. The molecule has 1 aromatic rings. The SMILES string of the molecule is CS(=O)(=O)c1ccc(O)c(NC(=O)C2CSCCN2)c1. The van der Waals surface area contributed by atoms with Gasteiger partial charge in [0.05, 0.1) is 16.6 Å². The minimum Gasteiger partial charge on any atom is -0.506 e. The Bertz CT molecular complexity index is 610. The molecule has 20 heavy (non-hydrogen) atoms. The molecule has 1 amide bonds. The summed E-state index contributed by atoms with van der Waals surface area (Å²) in [5.74, 6) is 1.17. The van der Waals surface area contributed by atoms with Crippen molar-refractivity contribution in [3.8, 4) is 5.75 Å². The van der Waals surface area contributed by atoms with Crippen molar-refractivity contribution < 1.29 is 18.3 Å². The molecule has 0 saturated carbocycles. The van der Waals surface area contributed by atoms with Crippen molar-refractivity contribution in [3.63, 3.8) is 0 Å². The maximum absolute atomic E-state index is 12.0. The van der Waals surface area contributed by atoms with Gasteiger partial charge in [0, 0.05) is 24.3 Å². The largest absolute Gasteiger partial charge is 0.506 e. The molecular formula is C12H16N2O4S2. The lowest BCUT2D eigenvalue weighted by molar-refractivity contribution is -0.117. The Hall–Kier alpha value is -1.25. The fourth-order valence-electron chi connectivity index (χ4n) is 1.80. The second-order valence-corrected chi connectivity index (χ2v) is 7.69. The highest BCUT2D eigenvalue weighted by Crippen LogP contribution is 2.26. The molecule has 0 radical (unpaired) electrons. The van der Waals surface area contributed by atoms with Crippen molar-refractivity contribution in [3.05, 3.63) is 18.2 Å². The third-order valence-electron chi connectivity index (χ3n) is 2.89. The molecule has 1 aliphatic heterocycles. The Morgan fingerprint density at radius 1 is 1.50 bits per heavy atom.